The van der Waals surface area contributed by atoms with E-state index in [0.29, 0.717) is 16.1 Å². The molecule has 2 aromatic carbocycles. The first-order valence-corrected chi connectivity index (χ1v) is 8.10. The Morgan fingerprint density at radius 2 is 1.75 bits per heavy atom. The van der Waals surface area contributed by atoms with E-state index in [1.807, 2.05) is 0 Å². The van der Waals surface area contributed by atoms with Gasteiger partial charge in [-0.2, -0.15) is 0 Å². The molecule has 6 heteroatoms. The fraction of sp³-hybridized carbons (Fsp3) is 0.0714. The van der Waals surface area contributed by atoms with Crippen LogP contribution in [-0.2, 0) is 9.84 Å². The van der Waals surface area contributed by atoms with Gasteiger partial charge in [-0.25, -0.2) is 8.42 Å². The van der Waals surface area contributed by atoms with Gasteiger partial charge in [-0.3, -0.25) is 4.79 Å². The molecule has 0 aliphatic carbocycles. The van der Waals surface area contributed by atoms with Crippen molar-refractivity contribution in [3.8, 4) is 0 Å². The van der Waals surface area contributed by atoms with Crippen molar-refractivity contribution >= 4 is 34.1 Å². The first-order valence-electron chi connectivity index (χ1n) is 5.77. The Bertz CT molecular complexity index is 737. The molecule has 0 radical (unpaired) electrons. The van der Waals surface area contributed by atoms with Gasteiger partial charge in [0.15, 0.2) is 9.84 Å². The number of rotatable bonds is 3. The van der Waals surface area contributed by atoms with Gasteiger partial charge in [0.2, 0.25) is 0 Å². The summed E-state index contributed by atoms with van der Waals surface area (Å²) in [5.41, 5.74) is 1.02. The van der Waals surface area contributed by atoms with Crippen molar-refractivity contribution in [2.24, 2.45) is 0 Å². The molecular formula is C14H13NO3S2. The summed E-state index contributed by atoms with van der Waals surface area (Å²) in [6.07, 6.45) is 1.14. The largest absolute Gasteiger partial charge is 0.322 e. The van der Waals surface area contributed by atoms with Crippen molar-refractivity contribution in [2.45, 2.75) is 9.79 Å². The Hall–Kier alpha value is -1.79. The smallest absolute Gasteiger partial charge is 0.255 e. The highest BCUT2D eigenvalue weighted by Crippen LogP contribution is 2.15. The number of anilines is 1. The Balaban J connectivity index is 2.16. The van der Waals surface area contributed by atoms with Gasteiger partial charge in [-0.15, -0.1) is 12.6 Å². The van der Waals surface area contributed by atoms with Gasteiger partial charge in [-0.05, 0) is 42.5 Å². The van der Waals surface area contributed by atoms with Gasteiger partial charge in [0.1, 0.15) is 0 Å². The van der Waals surface area contributed by atoms with Gasteiger partial charge in [0.05, 0.1) is 4.90 Å². The van der Waals surface area contributed by atoms with Crippen molar-refractivity contribution in [3.63, 3.8) is 0 Å². The average molecular weight is 307 g/mol. The molecule has 1 amide bonds. The molecule has 0 unspecified atom stereocenters. The van der Waals surface area contributed by atoms with Crippen molar-refractivity contribution in [1.82, 2.24) is 0 Å². The average Bonchev–Trinajstić information content (AvgIpc) is 2.38. The first-order chi connectivity index (χ1) is 9.36. The fourth-order valence-corrected chi connectivity index (χ4v) is 2.49. The quantitative estimate of drug-likeness (QED) is 0.857. The maximum absolute atomic E-state index is 12.0. The van der Waals surface area contributed by atoms with Crippen molar-refractivity contribution in [3.05, 3.63) is 54.1 Å². The third-order valence-corrected chi connectivity index (χ3v) is 4.06. The zero-order valence-electron chi connectivity index (χ0n) is 10.7. The Kier molecular flexibility index (Phi) is 4.15. The molecule has 0 aliphatic rings. The minimum atomic E-state index is -3.23. The minimum absolute atomic E-state index is 0.216. The maximum atomic E-state index is 12.0. The van der Waals surface area contributed by atoms with Gasteiger partial charge in [0, 0.05) is 22.4 Å². The molecule has 0 aromatic heterocycles. The zero-order valence-corrected chi connectivity index (χ0v) is 12.4. The van der Waals surface area contributed by atoms with E-state index in [2.05, 4.69) is 17.9 Å². The van der Waals surface area contributed by atoms with E-state index in [-0.39, 0.29) is 10.8 Å². The van der Waals surface area contributed by atoms with Crippen LogP contribution >= 0.6 is 12.6 Å². The maximum Gasteiger partial charge on any atom is 0.255 e. The molecule has 0 bridgehead atoms. The van der Waals surface area contributed by atoms with E-state index in [1.165, 1.54) is 12.1 Å². The summed E-state index contributed by atoms with van der Waals surface area (Å²) in [6, 6.07) is 12.9. The summed E-state index contributed by atoms with van der Waals surface area (Å²) in [7, 11) is -3.23. The second-order valence-electron chi connectivity index (χ2n) is 4.30. The summed E-state index contributed by atoms with van der Waals surface area (Å²) in [5.74, 6) is -0.270. The number of nitrogens with one attached hydrogen (secondary N) is 1. The monoisotopic (exact) mass is 307 g/mol. The Morgan fingerprint density at radius 1 is 1.10 bits per heavy atom. The summed E-state index contributed by atoms with van der Waals surface area (Å²) in [5, 5.41) is 2.70. The molecule has 4 nitrogen and oxygen atoms in total. The number of benzene rings is 2. The molecule has 0 saturated carbocycles. The fourth-order valence-electron chi connectivity index (χ4n) is 1.64. The third-order valence-electron chi connectivity index (χ3n) is 2.65. The summed E-state index contributed by atoms with van der Waals surface area (Å²) in [6.45, 7) is 0. The molecule has 0 heterocycles. The predicted molar refractivity (Wildman–Crippen MR) is 81.2 cm³/mol. The lowest BCUT2D eigenvalue weighted by Crippen LogP contribution is -2.11. The number of hydrogen-bond donors (Lipinski definition) is 2. The predicted octanol–water partition coefficient (Wildman–Crippen LogP) is 2.63. The van der Waals surface area contributed by atoms with E-state index in [9.17, 15) is 13.2 Å². The molecule has 0 aliphatic heterocycles. The van der Waals surface area contributed by atoms with Crippen molar-refractivity contribution in [2.75, 3.05) is 11.6 Å². The van der Waals surface area contributed by atoms with Crippen LogP contribution in [0.2, 0.25) is 0 Å². The van der Waals surface area contributed by atoms with E-state index in [1.54, 1.807) is 36.4 Å². The van der Waals surface area contributed by atoms with E-state index >= 15 is 0 Å². The number of amides is 1. The second kappa shape index (κ2) is 5.68. The molecule has 2 aromatic rings. The van der Waals surface area contributed by atoms with E-state index in [4.69, 9.17) is 0 Å². The zero-order chi connectivity index (χ0) is 14.8. The molecule has 0 fully saturated rings. The van der Waals surface area contributed by atoms with Crippen LogP contribution in [0, 0.1) is 0 Å². The van der Waals surface area contributed by atoms with Crippen LogP contribution in [0.4, 0.5) is 5.69 Å². The van der Waals surface area contributed by atoms with E-state index < -0.39 is 9.84 Å². The lowest BCUT2D eigenvalue weighted by Gasteiger charge is -2.06. The molecule has 1 N–H and O–H groups in total. The number of carbonyl (C=O) groups excluding carboxylic acids is 1. The highest BCUT2D eigenvalue weighted by Gasteiger charge is 2.09. The van der Waals surface area contributed by atoms with Crippen LogP contribution in [0.15, 0.2) is 58.3 Å². The molecule has 0 saturated heterocycles. The Morgan fingerprint density at radius 3 is 2.30 bits per heavy atom. The van der Waals surface area contributed by atoms with Crippen molar-refractivity contribution < 1.29 is 13.2 Å². The van der Waals surface area contributed by atoms with Crippen LogP contribution in [-0.4, -0.2) is 20.6 Å². The molecule has 104 valence electrons. The molecular weight excluding hydrogens is 294 g/mol. The van der Waals surface area contributed by atoms with Crippen LogP contribution in [0.3, 0.4) is 0 Å². The van der Waals surface area contributed by atoms with Crippen LogP contribution < -0.4 is 5.32 Å². The normalized spacial score (nSPS) is 11.1. The number of carbonyl (C=O) groups is 1. The van der Waals surface area contributed by atoms with E-state index in [0.717, 1.165) is 6.26 Å². The van der Waals surface area contributed by atoms with Crippen LogP contribution in [0.5, 0.6) is 0 Å². The topological polar surface area (TPSA) is 63.2 Å². The Labute approximate surface area is 123 Å². The second-order valence-corrected chi connectivity index (χ2v) is 6.83. The summed E-state index contributed by atoms with van der Waals surface area (Å²) >= 11 is 4.17. The van der Waals surface area contributed by atoms with Crippen molar-refractivity contribution in [1.29, 1.82) is 0 Å². The standard InChI is InChI=1S/C14H13NO3S2/c1-20(17,18)13-7-5-11(6-8-13)15-14(16)10-3-2-4-12(19)9-10/h2-9,19H,1H3,(H,15,16). The highest BCUT2D eigenvalue weighted by molar-refractivity contribution is 7.90. The molecule has 0 atom stereocenters. The number of thiol groups is 1. The lowest BCUT2D eigenvalue weighted by molar-refractivity contribution is 0.102. The first kappa shape index (κ1) is 14.6. The molecule has 20 heavy (non-hydrogen) atoms. The van der Waals surface area contributed by atoms with Gasteiger partial charge in [0.25, 0.3) is 5.91 Å². The van der Waals surface area contributed by atoms with Crippen LogP contribution in [0.25, 0.3) is 0 Å². The summed E-state index contributed by atoms with van der Waals surface area (Å²) < 4.78 is 22.7. The van der Waals surface area contributed by atoms with Gasteiger partial charge in [-0.1, -0.05) is 6.07 Å². The number of hydrogen-bond acceptors (Lipinski definition) is 4. The van der Waals surface area contributed by atoms with Gasteiger partial charge >= 0.3 is 0 Å². The SMILES string of the molecule is CS(=O)(=O)c1ccc(NC(=O)c2cccc(S)c2)cc1. The molecule has 0 spiro atoms. The van der Waals surface area contributed by atoms with Gasteiger partial charge < -0.3 is 5.32 Å². The minimum Gasteiger partial charge on any atom is -0.322 e. The lowest BCUT2D eigenvalue weighted by atomic mass is 10.2. The van der Waals surface area contributed by atoms with Crippen LogP contribution in [0.1, 0.15) is 10.4 Å². The highest BCUT2D eigenvalue weighted by atomic mass is 32.2. The number of sulfone groups is 1. The third kappa shape index (κ3) is 3.61. The summed E-state index contributed by atoms with van der Waals surface area (Å²) in [4.78, 5) is 12.9. The molecule has 2 rings (SSSR count).